The van der Waals surface area contributed by atoms with Gasteiger partial charge in [0, 0.05) is 12.4 Å². The smallest absolute Gasteiger partial charge is 0.166 e. The number of hydrogen-bond donors (Lipinski definition) is 1. The van der Waals surface area contributed by atoms with Crippen molar-refractivity contribution in [1.82, 2.24) is 9.97 Å². The number of thiazole rings is 1. The summed E-state index contributed by atoms with van der Waals surface area (Å²) < 4.78 is 5.46. The number of nitrogen functional groups attached to an aromatic ring is 1. The van der Waals surface area contributed by atoms with Crippen LogP contribution in [0.25, 0.3) is 0 Å². The van der Waals surface area contributed by atoms with Crippen LogP contribution < -0.4 is 10.5 Å². The zero-order chi connectivity index (χ0) is 9.80. The van der Waals surface area contributed by atoms with Crippen molar-refractivity contribution in [2.24, 2.45) is 0 Å². The van der Waals surface area contributed by atoms with Crippen molar-refractivity contribution in [1.29, 1.82) is 0 Å². The quantitative estimate of drug-likeness (QED) is 0.832. The Hall–Kier alpha value is -1.62. The Balaban J connectivity index is 2.02. The second-order valence-corrected chi connectivity index (χ2v) is 3.61. The molecule has 0 aliphatic carbocycles. The summed E-state index contributed by atoms with van der Waals surface area (Å²) in [4.78, 5) is 8.93. The Labute approximate surface area is 85.4 Å². The van der Waals surface area contributed by atoms with Crippen molar-refractivity contribution in [3.63, 3.8) is 0 Å². The third-order valence-corrected chi connectivity index (χ3v) is 2.41. The lowest BCUT2D eigenvalue weighted by Gasteiger charge is -2.05. The van der Waals surface area contributed by atoms with Crippen LogP contribution in [0.3, 0.4) is 0 Å². The first-order chi connectivity index (χ1) is 6.86. The van der Waals surface area contributed by atoms with Gasteiger partial charge in [0.25, 0.3) is 0 Å². The maximum absolute atomic E-state index is 5.61. The Morgan fingerprint density at radius 3 is 3.14 bits per heavy atom. The summed E-state index contributed by atoms with van der Waals surface area (Å²) in [5, 5.41) is 0. The first-order valence-corrected chi connectivity index (χ1v) is 4.95. The number of aromatic nitrogens is 2. The second-order valence-electron chi connectivity index (χ2n) is 2.64. The fourth-order valence-electron chi connectivity index (χ4n) is 0.987. The van der Waals surface area contributed by atoms with Crippen molar-refractivity contribution in [3.05, 3.63) is 34.9 Å². The summed E-state index contributed by atoms with van der Waals surface area (Å²) in [5.41, 5.74) is 7.38. The molecule has 5 heteroatoms. The fraction of sp³-hybridized carbons (Fsp3) is 0.111. The normalized spacial score (nSPS) is 10.0. The van der Waals surface area contributed by atoms with E-state index in [2.05, 4.69) is 9.97 Å². The molecule has 0 radical (unpaired) electrons. The minimum Gasteiger partial charge on any atom is -0.484 e. The molecule has 0 saturated heterocycles. The van der Waals surface area contributed by atoms with E-state index >= 15 is 0 Å². The molecule has 0 unspecified atom stereocenters. The third-order valence-electron chi connectivity index (χ3n) is 1.65. The largest absolute Gasteiger partial charge is 0.484 e. The summed E-state index contributed by atoms with van der Waals surface area (Å²) in [7, 11) is 0. The topological polar surface area (TPSA) is 61.0 Å². The van der Waals surface area contributed by atoms with Gasteiger partial charge in [-0.2, -0.15) is 0 Å². The van der Waals surface area contributed by atoms with Gasteiger partial charge in [0.1, 0.15) is 6.61 Å². The van der Waals surface area contributed by atoms with Crippen molar-refractivity contribution < 1.29 is 4.74 Å². The van der Waals surface area contributed by atoms with Gasteiger partial charge in [-0.3, -0.25) is 4.98 Å². The van der Waals surface area contributed by atoms with E-state index in [4.69, 9.17) is 10.5 Å². The molecule has 0 atom stereocenters. The number of anilines is 1. The lowest BCUT2D eigenvalue weighted by molar-refractivity contribution is 0.310. The van der Waals surface area contributed by atoms with Crippen LogP contribution in [0, 0.1) is 0 Å². The van der Waals surface area contributed by atoms with Gasteiger partial charge in [-0.05, 0) is 12.1 Å². The van der Waals surface area contributed by atoms with Gasteiger partial charge in [0.15, 0.2) is 11.6 Å². The molecule has 2 rings (SSSR count). The maximum atomic E-state index is 5.61. The SMILES string of the molecule is Nc1ncccc1OCc1cncs1. The molecule has 0 saturated carbocycles. The second kappa shape index (κ2) is 4.06. The molecule has 0 spiro atoms. The first-order valence-electron chi connectivity index (χ1n) is 4.07. The molecule has 0 aliphatic heterocycles. The molecule has 2 aromatic heterocycles. The molecule has 4 nitrogen and oxygen atoms in total. The summed E-state index contributed by atoms with van der Waals surface area (Å²) in [6.45, 7) is 0.487. The average molecular weight is 207 g/mol. The standard InChI is InChI=1S/C9H9N3OS/c10-9-8(2-1-3-12-9)13-5-7-4-11-6-14-7/h1-4,6H,5H2,(H2,10,12). The van der Waals surface area contributed by atoms with Gasteiger partial charge >= 0.3 is 0 Å². The zero-order valence-electron chi connectivity index (χ0n) is 7.38. The summed E-state index contributed by atoms with van der Waals surface area (Å²) >= 11 is 1.55. The van der Waals surface area contributed by atoms with Crippen LogP contribution in [0.2, 0.25) is 0 Å². The fourth-order valence-corrected chi connectivity index (χ4v) is 1.49. The molecule has 0 aromatic carbocycles. The number of pyridine rings is 1. The monoisotopic (exact) mass is 207 g/mol. The Kier molecular flexibility index (Phi) is 2.60. The Morgan fingerprint density at radius 2 is 2.43 bits per heavy atom. The molecular formula is C9H9N3OS. The highest BCUT2D eigenvalue weighted by Crippen LogP contribution is 2.19. The molecular weight excluding hydrogens is 198 g/mol. The molecule has 0 amide bonds. The molecule has 0 fully saturated rings. The van der Waals surface area contributed by atoms with Crippen LogP contribution in [0.4, 0.5) is 5.82 Å². The van der Waals surface area contributed by atoms with Gasteiger partial charge in [0.2, 0.25) is 0 Å². The first kappa shape index (κ1) is 8.96. The number of ether oxygens (including phenoxy) is 1. The van der Waals surface area contributed by atoms with Gasteiger partial charge in [-0.25, -0.2) is 4.98 Å². The summed E-state index contributed by atoms with van der Waals surface area (Å²) in [6, 6.07) is 3.59. The van der Waals surface area contributed by atoms with Crippen LogP contribution in [0.1, 0.15) is 4.88 Å². The predicted molar refractivity (Wildman–Crippen MR) is 55.1 cm³/mol. The van der Waals surface area contributed by atoms with E-state index in [1.807, 2.05) is 0 Å². The van der Waals surface area contributed by atoms with E-state index in [1.165, 1.54) is 0 Å². The Morgan fingerprint density at radius 1 is 1.50 bits per heavy atom. The zero-order valence-corrected chi connectivity index (χ0v) is 8.20. The summed E-state index contributed by atoms with van der Waals surface area (Å²) in [6.07, 6.45) is 3.41. The van der Waals surface area contributed by atoms with Gasteiger partial charge in [-0.1, -0.05) is 0 Å². The molecule has 2 heterocycles. The van der Waals surface area contributed by atoms with Gasteiger partial charge in [-0.15, -0.1) is 11.3 Å². The van der Waals surface area contributed by atoms with Crippen molar-refractivity contribution in [3.8, 4) is 5.75 Å². The van der Waals surface area contributed by atoms with E-state index < -0.39 is 0 Å². The highest BCUT2D eigenvalue weighted by Gasteiger charge is 2.00. The van der Waals surface area contributed by atoms with E-state index in [1.54, 1.807) is 41.4 Å². The van der Waals surface area contributed by atoms with Crippen LogP contribution >= 0.6 is 11.3 Å². The van der Waals surface area contributed by atoms with Crippen LogP contribution in [-0.2, 0) is 6.61 Å². The van der Waals surface area contributed by atoms with Crippen LogP contribution in [0.15, 0.2) is 30.0 Å². The van der Waals surface area contributed by atoms with Crippen molar-refractivity contribution in [2.75, 3.05) is 5.73 Å². The van der Waals surface area contributed by atoms with Crippen molar-refractivity contribution >= 4 is 17.2 Å². The van der Waals surface area contributed by atoms with Crippen molar-refractivity contribution in [2.45, 2.75) is 6.61 Å². The van der Waals surface area contributed by atoms with E-state index in [-0.39, 0.29) is 0 Å². The number of rotatable bonds is 3. The van der Waals surface area contributed by atoms with E-state index in [0.717, 1.165) is 4.88 Å². The molecule has 14 heavy (non-hydrogen) atoms. The molecule has 0 bridgehead atoms. The third kappa shape index (κ3) is 2.00. The van der Waals surface area contributed by atoms with Crippen LogP contribution in [-0.4, -0.2) is 9.97 Å². The maximum Gasteiger partial charge on any atom is 0.166 e. The predicted octanol–water partition coefficient (Wildman–Crippen LogP) is 1.70. The van der Waals surface area contributed by atoms with Gasteiger partial charge in [0.05, 0.1) is 10.4 Å². The highest BCUT2D eigenvalue weighted by molar-refractivity contribution is 7.09. The molecule has 2 N–H and O–H groups in total. The van der Waals surface area contributed by atoms with E-state index in [0.29, 0.717) is 18.2 Å². The van der Waals surface area contributed by atoms with E-state index in [9.17, 15) is 0 Å². The lowest BCUT2D eigenvalue weighted by Crippen LogP contribution is -1.98. The summed E-state index contributed by atoms with van der Waals surface area (Å²) in [5.74, 6) is 1.03. The highest BCUT2D eigenvalue weighted by atomic mass is 32.1. The number of nitrogens with two attached hydrogens (primary N) is 1. The molecule has 0 aliphatic rings. The van der Waals surface area contributed by atoms with Crippen LogP contribution in [0.5, 0.6) is 5.75 Å². The van der Waals surface area contributed by atoms with Gasteiger partial charge < -0.3 is 10.5 Å². The minimum absolute atomic E-state index is 0.414. The minimum atomic E-state index is 0.414. The molecule has 72 valence electrons. The average Bonchev–Trinajstić information content (AvgIpc) is 2.69. The Bertz CT molecular complexity index is 402. The number of hydrogen-bond acceptors (Lipinski definition) is 5. The number of nitrogens with zero attached hydrogens (tertiary/aromatic N) is 2. The molecule has 2 aromatic rings. The lowest BCUT2D eigenvalue weighted by atomic mass is 10.4.